The Kier molecular flexibility index (Phi) is 6.92. The highest BCUT2D eigenvalue weighted by molar-refractivity contribution is 6.30. The number of ether oxygens (including phenoxy) is 1. The van der Waals surface area contributed by atoms with E-state index in [9.17, 15) is 9.59 Å². The molecule has 2 aromatic carbocycles. The van der Waals surface area contributed by atoms with Crippen LogP contribution in [0.25, 0.3) is 0 Å². The van der Waals surface area contributed by atoms with Crippen LogP contribution in [-0.4, -0.2) is 30.3 Å². The summed E-state index contributed by atoms with van der Waals surface area (Å²) in [5, 5.41) is 3.37. The minimum Gasteiger partial charge on any atom is -0.489 e. The molecule has 3 rings (SSSR count). The van der Waals surface area contributed by atoms with E-state index in [1.807, 2.05) is 12.1 Å². The van der Waals surface area contributed by atoms with Gasteiger partial charge in [-0.1, -0.05) is 23.7 Å². The van der Waals surface area contributed by atoms with E-state index >= 15 is 0 Å². The first-order chi connectivity index (χ1) is 14.0. The van der Waals surface area contributed by atoms with Gasteiger partial charge in [-0.05, 0) is 54.1 Å². The van der Waals surface area contributed by atoms with E-state index in [1.165, 1.54) is 4.90 Å². The van der Waals surface area contributed by atoms with Gasteiger partial charge in [0.15, 0.2) is 0 Å². The number of furan rings is 1. The van der Waals surface area contributed by atoms with Crippen LogP contribution in [0.3, 0.4) is 0 Å². The van der Waals surface area contributed by atoms with Crippen LogP contribution in [0.5, 0.6) is 5.75 Å². The number of halogens is 1. The van der Waals surface area contributed by atoms with Gasteiger partial charge in [0.2, 0.25) is 5.91 Å². The molecule has 3 aromatic rings. The molecule has 0 aliphatic carbocycles. The molecular formula is C22H21ClN2O4. The zero-order chi connectivity index (χ0) is 20.6. The number of benzene rings is 2. The Morgan fingerprint density at radius 2 is 1.79 bits per heavy atom. The normalized spacial score (nSPS) is 10.4. The molecule has 0 fully saturated rings. The summed E-state index contributed by atoms with van der Waals surface area (Å²) in [5.41, 5.74) is 1.43. The molecule has 1 N–H and O–H groups in total. The Bertz CT molecular complexity index is 938. The highest BCUT2D eigenvalue weighted by atomic mass is 35.5. The van der Waals surface area contributed by atoms with Crippen molar-refractivity contribution < 1.29 is 18.7 Å². The first-order valence-corrected chi connectivity index (χ1v) is 9.41. The second-order valence-electron chi connectivity index (χ2n) is 6.46. The van der Waals surface area contributed by atoms with E-state index in [1.54, 1.807) is 61.8 Å². The fourth-order valence-electron chi connectivity index (χ4n) is 2.60. The van der Waals surface area contributed by atoms with Crippen molar-refractivity contribution >= 4 is 23.4 Å². The molecule has 7 heteroatoms. The van der Waals surface area contributed by atoms with Gasteiger partial charge in [0, 0.05) is 17.6 Å². The van der Waals surface area contributed by atoms with Crippen LogP contribution in [-0.2, 0) is 17.9 Å². The maximum Gasteiger partial charge on any atom is 0.254 e. The highest BCUT2D eigenvalue weighted by Gasteiger charge is 2.15. The molecule has 0 atom stereocenters. The molecular weight excluding hydrogens is 392 g/mol. The van der Waals surface area contributed by atoms with Crippen molar-refractivity contribution in [3.8, 4) is 5.75 Å². The Morgan fingerprint density at radius 3 is 2.45 bits per heavy atom. The molecule has 1 aromatic heterocycles. The topological polar surface area (TPSA) is 71.8 Å². The van der Waals surface area contributed by atoms with Gasteiger partial charge in [-0.2, -0.15) is 0 Å². The Hall–Kier alpha value is -3.25. The summed E-state index contributed by atoms with van der Waals surface area (Å²) in [6, 6.07) is 17.7. The maximum atomic E-state index is 12.5. The molecule has 0 unspecified atom stereocenters. The average Bonchev–Trinajstić information content (AvgIpc) is 3.25. The molecule has 29 heavy (non-hydrogen) atoms. The molecule has 0 aliphatic rings. The van der Waals surface area contributed by atoms with Crippen LogP contribution < -0.4 is 10.1 Å². The molecule has 0 spiro atoms. The third kappa shape index (κ3) is 6.12. The summed E-state index contributed by atoms with van der Waals surface area (Å²) in [6.45, 7) is 0.623. The first-order valence-electron chi connectivity index (χ1n) is 9.03. The van der Waals surface area contributed by atoms with Crippen molar-refractivity contribution in [2.24, 2.45) is 0 Å². The molecule has 150 valence electrons. The predicted molar refractivity (Wildman–Crippen MR) is 110 cm³/mol. The maximum absolute atomic E-state index is 12.5. The summed E-state index contributed by atoms with van der Waals surface area (Å²) in [4.78, 5) is 25.9. The van der Waals surface area contributed by atoms with Crippen LogP contribution in [0, 0.1) is 0 Å². The third-order valence-corrected chi connectivity index (χ3v) is 4.44. The summed E-state index contributed by atoms with van der Waals surface area (Å²) in [6.07, 6.45) is 1.54. The van der Waals surface area contributed by atoms with Crippen molar-refractivity contribution in [2.45, 2.75) is 13.2 Å². The minimum absolute atomic E-state index is 0.0407. The van der Waals surface area contributed by atoms with Gasteiger partial charge in [0.25, 0.3) is 5.91 Å². The largest absolute Gasteiger partial charge is 0.489 e. The molecule has 6 nitrogen and oxygen atoms in total. The van der Waals surface area contributed by atoms with E-state index in [-0.39, 0.29) is 24.9 Å². The van der Waals surface area contributed by atoms with Crippen molar-refractivity contribution in [3.63, 3.8) is 0 Å². The second kappa shape index (κ2) is 9.80. The van der Waals surface area contributed by atoms with Gasteiger partial charge in [-0.15, -0.1) is 0 Å². The standard InChI is InChI=1S/C22H21ClN2O4/c1-25(14-21(26)24-13-20-3-2-12-28-20)22(27)17-6-4-16(5-7-17)15-29-19-10-8-18(23)9-11-19/h2-12H,13-15H2,1H3,(H,24,26). The second-order valence-corrected chi connectivity index (χ2v) is 6.89. The van der Waals surface area contributed by atoms with Crippen molar-refractivity contribution in [1.29, 1.82) is 0 Å². The molecule has 0 bridgehead atoms. The van der Waals surface area contributed by atoms with Crippen molar-refractivity contribution in [2.75, 3.05) is 13.6 Å². The van der Waals surface area contributed by atoms with Gasteiger partial charge in [0.1, 0.15) is 18.1 Å². The zero-order valence-electron chi connectivity index (χ0n) is 15.9. The molecule has 0 aliphatic heterocycles. The lowest BCUT2D eigenvalue weighted by Gasteiger charge is -2.17. The number of amides is 2. The van der Waals surface area contributed by atoms with Crippen LogP contribution in [0.2, 0.25) is 5.02 Å². The molecule has 0 radical (unpaired) electrons. The monoisotopic (exact) mass is 412 g/mol. The summed E-state index contributed by atoms with van der Waals surface area (Å²) < 4.78 is 10.8. The fraction of sp³-hybridized carbons (Fsp3) is 0.182. The Morgan fingerprint density at radius 1 is 1.07 bits per heavy atom. The van der Waals surface area contributed by atoms with Crippen LogP contribution >= 0.6 is 11.6 Å². The lowest BCUT2D eigenvalue weighted by atomic mass is 10.1. The molecule has 0 saturated heterocycles. The predicted octanol–water partition coefficient (Wildman–Crippen LogP) is 3.90. The number of likely N-dealkylation sites (N-methyl/N-ethyl adjacent to an activating group) is 1. The fourth-order valence-corrected chi connectivity index (χ4v) is 2.73. The Balaban J connectivity index is 1.48. The zero-order valence-corrected chi connectivity index (χ0v) is 16.7. The molecule has 1 heterocycles. The van der Waals surface area contributed by atoms with Gasteiger partial charge >= 0.3 is 0 Å². The smallest absolute Gasteiger partial charge is 0.254 e. The number of hydrogen-bond acceptors (Lipinski definition) is 4. The summed E-state index contributed by atoms with van der Waals surface area (Å²) in [5.74, 6) is 0.882. The lowest BCUT2D eigenvalue weighted by molar-refractivity contribution is -0.121. The van der Waals surface area contributed by atoms with E-state index in [0.29, 0.717) is 23.0 Å². The van der Waals surface area contributed by atoms with Crippen LogP contribution in [0.1, 0.15) is 21.7 Å². The van der Waals surface area contributed by atoms with Gasteiger partial charge in [0.05, 0.1) is 19.4 Å². The summed E-state index contributed by atoms with van der Waals surface area (Å²) >= 11 is 5.85. The first kappa shape index (κ1) is 20.5. The number of nitrogens with zero attached hydrogens (tertiary/aromatic N) is 1. The van der Waals surface area contributed by atoms with Crippen molar-refractivity contribution in [1.82, 2.24) is 10.2 Å². The van der Waals surface area contributed by atoms with Crippen molar-refractivity contribution in [3.05, 3.63) is 88.8 Å². The van der Waals surface area contributed by atoms with E-state index in [0.717, 1.165) is 11.3 Å². The van der Waals surface area contributed by atoms with E-state index < -0.39 is 0 Å². The Labute approximate surface area is 174 Å². The van der Waals surface area contributed by atoms with Crippen LogP contribution in [0.4, 0.5) is 0 Å². The molecule has 2 amide bonds. The van der Waals surface area contributed by atoms with Crippen LogP contribution in [0.15, 0.2) is 71.3 Å². The summed E-state index contributed by atoms with van der Waals surface area (Å²) in [7, 11) is 1.59. The van der Waals surface area contributed by atoms with E-state index in [4.69, 9.17) is 20.8 Å². The van der Waals surface area contributed by atoms with Gasteiger partial charge < -0.3 is 19.4 Å². The highest BCUT2D eigenvalue weighted by Crippen LogP contribution is 2.17. The number of nitrogens with one attached hydrogen (secondary N) is 1. The number of rotatable bonds is 8. The number of carbonyl (C=O) groups is 2. The lowest BCUT2D eigenvalue weighted by Crippen LogP contribution is -2.38. The van der Waals surface area contributed by atoms with E-state index in [2.05, 4.69) is 5.32 Å². The SMILES string of the molecule is CN(CC(=O)NCc1ccco1)C(=O)c1ccc(COc2ccc(Cl)cc2)cc1. The quantitative estimate of drug-likeness (QED) is 0.609. The minimum atomic E-state index is -0.259. The van der Waals surface area contributed by atoms with Gasteiger partial charge in [-0.25, -0.2) is 0 Å². The number of hydrogen-bond donors (Lipinski definition) is 1. The van der Waals surface area contributed by atoms with Gasteiger partial charge in [-0.3, -0.25) is 9.59 Å². The third-order valence-electron chi connectivity index (χ3n) is 4.19. The molecule has 0 saturated carbocycles. The number of carbonyl (C=O) groups excluding carboxylic acids is 2. The average molecular weight is 413 g/mol.